The maximum absolute atomic E-state index is 13.2. The number of benzene rings is 2. The Kier molecular flexibility index (Phi) is 6.07. The summed E-state index contributed by atoms with van der Waals surface area (Å²) in [7, 11) is 1.37. The number of carbonyl (C=O) groups is 3. The molecule has 0 radical (unpaired) electrons. The van der Waals surface area contributed by atoms with E-state index in [0.717, 1.165) is 4.90 Å². The van der Waals surface area contributed by atoms with E-state index in [1.165, 1.54) is 55.7 Å². The molecular weight excluding hydrogens is 415 g/mol. The van der Waals surface area contributed by atoms with Crippen molar-refractivity contribution in [3.05, 3.63) is 59.4 Å². The van der Waals surface area contributed by atoms with Crippen molar-refractivity contribution in [1.82, 2.24) is 5.32 Å². The molecule has 154 valence electrons. The number of carbonyl (C=O) groups excluding carboxylic acids is 2. The number of carboxylic acids is 1. The lowest BCUT2D eigenvalue weighted by molar-refractivity contribution is -0.139. The zero-order chi connectivity index (χ0) is 21.8. The first kappa shape index (κ1) is 20.9. The minimum atomic E-state index is -1.15. The lowest BCUT2D eigenvalue weighted by Crippen LogP contribution is -2.54. The number of anilines is 1. The number of ether oxygens (including phenoxy) is 2. The molecule has 3 rings (SSSR count). The fourth-order valence-corrected chi connectivity index (χ4v) is 2.96. The van der Waals surface area contributed by atoms with E-state index in [9.17, 15) is 18.8 Å². The summed E-state index contributed by atoms with van der Waals surface area (Å²) in [5.41, 5.74) is 0.529. The average Bonchev–Trinajstić information content (AvgIpc) is 2.71. The highest BCUT2D eigenvalue weighted by molar-refractivity contribution is 7.80. The molecule has 0 saturated carbocycles. The second-order valence-electron chi connectivity index (χ2n) is 6.03. The van der Waals surface area contributed by atoms with E-state index < -0.39 is 30.2 Å². The van der Waals surface area contributed by atoms with Crippen molar-refractivity contribution in [2.24, 2.45) is 0 Å². The van der Waals surface area contributed by atoms with Crippen LogP contribution in [-0.4, -0.2) is 41.7 Å². The quantitative estimate of drug-likeness (QED) is 0.411. The molecule has 2 N–H and O–H groups in total. The van der Waals surface area contributed by atoms with Crippen LogP contribution in [-0.2, 0) is 14.4 Å². The molecule has 0 atom stereocenters. The summed E-state index contributed by atoms with van der Waals surface area (Å²) < 4.78 is 23.5. The summed E-state index contributed by atoms with van der Waals surface area (Å²) in [5, 5.41) is 11.0. The molecule has 2 aromatic carbocycles. The smallest absolute Gasteiger partial charge is 0.341 e. The van der Waals surface area contributed by atoms with Crippen LogP contribution in [0.1, 0.15) is 5.56 Å². The molecule has 1 saturated heterocycles. The second-order valence-corrected chi connectivity index (χ2v) is 6.41. The number of methoxy groups -OCH3 is 1. The number of carboxylic acid groups (broad SMARTS) is 1. The molecule has 0 aromatic heterocycles. The molecule has 0 unspecified atom stereocenters. The number of aliphatic carboxylic acids is 1. The minimum Gasteiger partial charge on any atom is -0.493 e. The Labute approximate surface area is 175 Å². The number of amides is 2. The van der Waals surface area contributed by atoms with E-state index in [0.29, 0.717) is 11.3 Å². The topological polar surface area (TPSA) is 105 Å². The Bertz CT molecular complexity index is 1070. The summed E-state index contributed by atoms with van der Waals surface area (Å²) in [6, 6.07) is 9.56. The largest absolute Gasteiger partial charge is 0.493 e. The van der Waals surface area contributed by atoms with Crippen LogP contribution in [0.25, 0.3) is 6.08 Å². The van der Waals surface area contributed by atoms with Gasteiger partial charge < -0.3 is 14.6 Å². The summed E-state index contributed by atoms with van der Waals surface area (Å²) >= 11 is 5.09. The Morgan fingerprint density at radius 3 is 2.53 bits per heavy atom. The molecular formula is C20H15FN2O6S. The molecule has 0 bridgehead atoms. The van der Waals surface area contributed by atoms with Gasteiger partial charge in [0.05, 0.1) is 12.8 Å². The van der Waals surface area contributed by atoms with E-state index >= 15 is 0 Å². The van der Waals surface area contributed by atoms with Crippen LogP contribution >= 0.6 is 12.2 Å². The Morgan fingerprint density at radius 2 is 1.90 bits per heavy atom. The van der Waals surface area contributed by atoms with E-state index in [1.807, 2.05) is 0 Å². The molecule has 1 heterocycles. The van der Waals surface area contributed by atoms with Crippen molar-refractivity contribution in [2.45, 2.75) is 0 Å². The molecule has 1 aliphatic rings. The zero-order valence-corrected chi connectivity index (χ0v) is 16.4. The van der Waals surface area contributed by atoms with Gasteiger partial charge in [0.1, 0.15) is 11.4 Å². The van der Waals surface area contributed by atoms with Crippen molar-refractivity contribution in [1.29, 1.82) is 0 Å². The van der Waals surface area contributed by atoms with Crippen LogP contribution in [0, 0.1) is 5.82 Å². The van der Waals surface area contributed by atoms with Gasteiger partial charge in [-0.25, -0.2) is 9.18 Å². The molecule has 2 amide bonds. The van der Waals surface area contributed by atoms with Gasteiger partial charge in [-0.05, 0) is 60.3 Å². The normalized spacial score (nSPS) is 15.2. The van der Waals surface area contributed by atoms with Gasteiger partial charge in [-0.15, -0.1) is 0 Å². The van der Waals surface area contributed by atoms with Crippen molar-refractivity contribution in [3.63, 3.8) is 0 Å². The highest BCUT2D eigenvalue weighted by Gasteiger charge is 2.34. The molecule has 2 aromatic rings. The fraction of sp³-hybridized carbons (Fsp3) is 0.100. The third-order valence-electron chi connectivity index (χ3n) is 4.04. The number of thiocarbonyl (C=S) groups is 1. The van der Waals surface area contributed by atoms with Gasteiger partial charge in [-0.3, -0.25) is 19.8 Å². The zero-order valence-electron chi connectivity index (χ0n) is 15.5. The summed E-state index contributed by atoms with van der Waals surface area (Å²) in [5.74, 6) is -2.58. The van der Waals surface area contributed by atoms with Crippen molar-refractivity contribution < 1.29 is 33.4 Å². The van der Waals surface area contributed by atoms with Crippen LogP contribution in [0.4, 0.5) is 10.1 Å². The predicted octanol–water partition coefficient (Wildman–Crippen LogP) is 2.13. The lowest BCUT2D eigenvalue weighted by Gasteiger charge is -2.28. The monoisotopic (exact) mass is 430 g/mol. The van der Waals surface area contributed by atoms with Crippen LogP contribution in [0.5, 0.6) is 11.5 Å². The van der Waals surface area contributed by atoms with E-state index in [1.54, 1.807) is 0 Å². The van der Waals surface area contributed by atoms with Gasteiger partial charge >= 0.3 is 5.97 Å². The maximum Gasteiger partial charge on any atom is 0.341 e. The molecule has 30 heavy (non-hydrogen) atoms. The minimum absolute atomic E-state index is 0.122. The van der Waals surface area contributed by atoms with Gasteiger partial charge in [0.2, 0.25) is 0 Å². The van der Waals surface area contributed by atoms with Crippen LogP contribution in [0.15, 0.2) is 48.0 Å². The highest BCUT2D eigenvalue weighted by Crippen LogP contribution is 2.30. The van der Waals surface area contributed by atoms with E-state index in [-0.39, 0.29) is 22.2 Å². The van der Waals surface area contributed by atoms with E-state index in [4.69, 9.17) is 26.8 Å². The summed E-state index contributed by atoms with van der Waals surface area (Å²) in [4.78, 5) is 37.0. The van der Waals surface area contributed by atoms with Gasteiger partial charge in [0.15, 0.2) is 23.2 Å². The lowest BCUT2D eigenvalue weighted by atomic mass is 10.1. The first-order valence-electron chi connectivity index (χ1n) is 8.50. The second kappa shape index (κ2) is 8.70. The Hall–Kier alpha value is -3.79. The Balaban J connectivity index is 1.94. The van der Waals surface area contributed by atoms with Crippen molar-refractivity contribution in [3.8, 4) is 11.5 Å². The summed E-state index contributed by atoms with van der Waals surface area (Å²) in [6.45, 7) is -0.554. The molecule has 0 aliphatic carbocycles. The SMILES string of the molecule is COc1cc(/C=C2\C(=O)NC(=S)N(c3ccc(F)cc3)C2=O)ccc1OCC(=O)O. The first-order chi connectivity index (χ1) is 14.3. The first-order valence-corrected chi connectivity index (χ1v) is 8.90. The number of halogens is 1. The van der Waals surface area contributed by atoms with Crippen LogP contribution < -0.4 is 19.7 Å². The molecule has 10 heteroatoms. The van der Waals surface area contributed by atoms with Gasteiger partial charge in [-0.2, -0.15) is 0 Å². The highest BCUT2D eigenvalue weighted by atomic mass is 32.1. The van der Waals surface area contributed by atoms with Crippen LogP contribution in [0.3, 0.4) is 0 Å². The van der Waals surface area contributed by atoms with Crippen molar-refractivity contribution in [2.75, 3.05) is 18.6 Å². The average molecular weight is 430 g/mol. The summed E-state index contributed by atoms with van der Waals surface area (Å²) in [6.07, 6.45) is 1.33. The predicted molar refractivity (Wildman–Crippen MR) is 109 cm³/mol. The maximum atomic E-state index is 13.2. The standard InChI is InChI=1S/C20H15FN2O6S/c1-28-16-9-11(2-7-15(16)29-10-17(24)25)8-14-18(26)22-20(30)23(19(14)27)13-5-3-12(21)4-6-13/h2-9H,10H2,1H3,(H,24,25)(H,22,26,30)/b14-8+. The number of nitrogens with zero attached hydrogens (tertiary/aromatic N) is 1. The van der Waals surface area contributed by atoms with E-state index in [2.05, 4.69) is 5.32 Å². The molecule has 0 spiro atoms. The number of nitrogens with one attached hydrogen (secondary N) is 1. The van der Waals surface area contributed by atoms with Gasteiger partial charge in [-0.1, -0.05) is 6.07 Å². The third-order valence-corrected chi connectivity index (χ3v) is 4.32. The molecule has 1 aliphatic heterocycles. The van der Waals surface area contributed by atoms with Crippen LogP contribution in [0.2, 0.25) is 0 Å². The fourth-order valence-electron chi connectivity index (χ4n) is 2.68. The molecule has 1 fully saturated rings. The van der Waals surface area contributed by atoms with Crippen molar-refractivity contribution >= 4 is 46.9 Å². The molecule has 8 nitrogen and oxygen atoms in total. The third kappa shape index (κ3) is 4.44. The number of hydrogen-bond donors (Lipinski definition) is 2. The van der Waals surface area contributed by atoms with Gasteiger partial charge in [0.25, 0.3) is 11.8 Å². The number of rotatable bonds is 6. The Morgan fingerprint density at radius 1 is 1.20 bits per heavy atom. The number of hydrogen-bond acceptors (Lipinski definition) is 6. The van der Waals surface area contributed by atoms with Gasteiger partial charge in [0, 0.05) is 0 Å².